The number of nitrogens with zero attached hydrogens (tertiary/aromatic N) is 3. The van der Waals surface area contributed by atoms with Crippen molar-refractivity contribution in [3.63, 3.8) is 0 Å². The van der Waals surface area contributed by atoms with Crippen LogP contribution in [-0.4, -0.2) is 47.1 Å². The Labute approximate surface area is 158 Å². The van der Waals surface area contributed by atoms with E-state index in [1.807, 2.05) is 20.0 Å². The van der Waals surface area contributed by atoms with Crippen LogP contribution in [0.2, 0.25) is 0 Å². The Bertz CT molecular complexity index is 741. The summed E-state index contributed by atoms with van der Waals surface area (Å²) in [6.45, 7) is 9.88. The fourth-order valence-corrected chi connectivity index (χ4v) is 4.30. The molecule has 0 aromatic carbocycles. The molecule has 0 spiro atoms. The Morgan fingerprint density at radius 3 is 2.88 bits per heavy atom. The Hall–Kier alpha value is -1.83. The van der Waals surface area contributed by atoms with Crippen LogP contribution in [0, 0.1) is 19.8 Å². The monoisotopic (exact) mass is 374 g/mol. The summed E-state index contributed by atoms with van der Waals surface area (Å²) in [4.78, 5) is 23.5. The lowest BCUT2D eigenvalue weighted by atomic mass is 9.99. The van der Waals surface area contributed by atoms with Crippen LogP contribution in [0.25, 0.3) is 0 Å². The fraction of sp³-hybridized carbons (Fsp3) is 0.526. The molecule has 1 fully saturated rings. The molecule has 1 aliphatic rings. The number of aromatic nitrogens is 2. The van der Waals surface area contributed by atoms with Crippen molar-refractivity contribution in [1.29, 1.82) is 0 Å². The predicted molar refractivity (Wildman–Crippen MR) is 103 cm³/mol. The number of carbonyl (C=O) groups excluding carboxylic acids is 1. The molecule has 140 valence electrons. The zero-order chi connectivity index (χ0) is 18.5. The van der Waals surface area contributed by atoms with Gasteiger partial charge in [-0.1, -0.05) is 0 Å². The highest BCUT2D eigenvalue weighted by atomic mass is 32.1. The molecule has 0 unspecified atom stereocenters. The van der Waals surface area contributed by atoms with Crippen LogP contribution in [-0.2, 0) is 22.5 Å². The van der Waals surface area contributed by atoms with Crippen molar-refractivity contribution in [2.45, 2.75) is 33.7 Å². The highest BCUT2D eigenvalue weighted by molar-refractivity contribution is 7.15. The molecule has 3 heterocycles. The summed E-state index contributed by atoms with van der Waals surface area (Å²) < 4.78 is 5.84. The lowest BCUT2D eigenvalue weighted by molar-refractivity contribution is -0.114. The maximum atomic E-state index is 11.1. The first-order valence-electron chi connectivity index (χ1n) is 8.94. The van der Waals surface area contributed by atoms with Gasteiger partial charge in [0, 0.05) is 49.0 Å². The molecule has 26 heavy (non-hydrogen) atoms. The molecule has 1 atom stereocenters. The molecule has 0 radical (unpaired) electrons. The van der Waals surface area contributed by atoms with Crippen LogP contribution in [0.15, 0.2) is 18.3 Å². The molecular formula is C19H26N4O2S. The van der Waals surface area contributed by atoms with E-state index < -0.39 is 0 Å². The number of amides is 1. The number of aryl methyl sites for hydroxylation is 2. The molecule has 6 nitrogen and oxygen atoms in total. The van der Waals surface area contributed by atoms with Crippen LogP contribution < -0.4 is 5.32 Å². The Morgan fingerprint density at radius 2 is 2.15 bits per heavy atom. The van der Waals surface area contributed by atoms with Crippen molar-refractivity contribution in [2.24, 2.45) is 5.92 Å². The van der Waals surface area contributed by atoms with Gasteiger partial charge in [-0.3, -0.25) is 14.7 Å². The van der Waals surface area contributed by atoms with Crippen molar-refractivity contribution >= 4 is 22.4 Å². The maximum absolute atomic E-state index is 11.1. The third-order valence-electron chi connectivity index (χ3n) is 4.30. The number of rotatable bonds is 5. The van der Waals surface area contributed by atoms with Crippen LogP contribution in [0.5, 0.6) is 0 Å². The molecule has 1 aliphatic heterocycles. The van der Waals surface area contributed by atoms with Gasteiger partial charge in [-0.15, -0.1) is 11.3 Å². The average molecular weight is 375 g/mol. The van der Waals surface area contributed by atoms with Crippen LogP contribution in [0.1, 0.15) is 28.8 Å². The zero-order valence-corrected chi connectivity index (χ0v) is 16.4. The summed E-state index contributed by atoms with van der Waals surface area (Å²) in [6.07, 6.45) is 2.85. The topological polar surface area (TPSA) is 67.4 Å². The number of hydrogen-bond donors (Lipinski definition) is 1. The summed E-state index contributed by atoms with van der Waals surface area (Å²) in [5, 5.41) is 3.41. The summed E-state index contributed by atoms with van der Waals surface area (Å²) in [5.74, 6) is 0.374. The largest absolute Gasteiger partial charge is 0.380 e. The standard InChI is InChI=1S/C19H26N4O2S/c1-13-6-16(7-14(2)21-13)8-17-10-23(4-5-25-12-17)11-18-9-20-19(26-18)22-15(3)24/h6-7,9,17H,4-5,8,10-12H2,1-3H3,(H,20,22,24)/t17-/m1/s1. The van der Waals surface area contributed by atoms with E-state index in [0.29, 0.717) is 11.0 Å². The van der Waals surface area contributed by atoms with Gasteiger partial charge >= 0.3 is 0 Å². The summed E-state index contributed by atoms with van der Waals surface area (Å²) in [7, 11) is 0. The summed E-state index contributed by atoms with van der Waals surface area (Å²) >= 11 is 1.54. The molecular weight excluding hydrogens is 348 g/mol. The first kappa shape index (κ1) is 18.9. The van der Waals surface area contributed by atoms with Gasteiger partial charge in [0.15, 0.2) is 5.13 Å². The van der Waals surface area contributed by atoms with E-state index >= 15 is 0 Å². The number of nitrogens with one attached hydrogen (secondary N) is 1. The van der Waals surface area contributed by atoms with Gasteiger partial charge in [0.25, 0.3) is 0 Å². The summed E-state index contributed by atoms with van der Waals surface area (Å²) in [6, 6.07) is 4.34. The minimum absolute atomic E-state index is 0.0860. The minimum Gasteiger partial charge on any atom is -0.380 e. The van der Waals surface area contributed by atoms with Crippen molar-refractivity contribution in [2.75, 3.05) is 31.6 Å². The zero-order valence-electron chi connectivity index (χ0n) is 15.6. The fourth-order valence-electron chi connectivity index (χ4n) is 3.40. The minimum atomic E-state index is -0.0860. The number of hydrogen-bond acceptors (Lipinski definition) is 6. The van der Waals surface area contributed by atoms with E-state index in [1.54, 1.807) is 0 Å². The van der Waals surface area contributed by atoms with Crippen LogP contribution in [0.4, 0.5) is 5.13 Å². The van der Waals surface area contributed by atoms with Gasteiger partial charge in [0.05, 0.1) is 13.2 Å². The van der Waals surface area contributed by atoms with Crippen molar-refractivity contribution in [1.82, 2.24) is 14.9 Å². The van der Waals surface area contributed by atoms with Crippen LogP contribution >= 0.6 is 11.3 Å². The highest BCUT2D eigenvalue weighted by Crippen LogP contribution is 2.22. The average Bonchev–Trinajstić information content (AvgIpc) is 2.84. The van der Waals surface area contributed by atoms with Crippen molar-refractivity contribution in [3.05, 3.63) is 40.2 Å². The van der Waals surface area contributed by atoms with E-state index in [9.17, 15) is 4.79 Å². The molecule has 3 rings (SSSR count). The second kappa shape index (κ2) is 8.70. The molecule has 0 aliphatic carbocycles. The number of ether oxygens (including phenoxy) is 1. The van der Waals surface area contributed by atoms with E-state index in [-0.39, 0.29) is 5.91 Å². The Balaban J connectivity index is 1.61. The second-order valence-corrected chi connectivity index (χ2v) is 8.07. The lowest BCUT2D eigenvalue weighted by Crippen LogP contribution is -2.30. The van der Waals surface area contributed by atoms with E-state index in [0.717, 1.165) is 55.5 Å². The SMILES string of the molecule is CC(=O)Nc1ncc(CN2CCOC[C@H](Cc3cc(C)nc(C)c3)C2)s1. The molecule has 1 amide bonds. The van der Waals surface area contributed by atoms with E-state index in [4.69, 9.17) is 4.74 Å². The Kier molecular flexibility index (Phi) is 6.34. The predicted octanol–water partition coefficient (Wildman–Crippen LogP) is 2.80. The van der Waals surface area contributed by atoms with Crippen molar-refractivity contribution in [3.8, 4) is 0 Å². The van der Waals surface area contributed by atoms with Gasteiger partial charge in [-0.25, -0.2) is 4.98 Å². The van der Waals surface area contributed by atoms with Gasteiger partial charge in [-0.05, 0) is 43.9 Å². The number of carbonyl (C=O) groups is 1. The maximum Gasteiger partial charge on any atom is 0.223 e. The normalized spacial score (nSPS) is 18.5. The number of pyridine rings is 1. The molecule has 7 heteroatoms. The second-order valence-electron chi connectivity index (χ2n) is 6.95. The first-order chi connectivity index (χ1) is 12.5. The molecule has 1 N–H and O–H groups in total. The smallest absolute Gasteiger partial charge is 0.223 e. The molecule has 2 aromatic rings. The lowest BCUT2D eigenvalue weighted by Gasteiger charge is -2.22. The highest BCUT2D eigenvalue weighted by Gasteiger charge is 2.20. The number of anilines is 1. The molecule has 0 bridgehead atoms. The third kappa shape index (κ3) is 5.59. The summed E-state index contributed by atoms with van der Waals surface area (Å²) in [5.41, 5.74) is 3.47. The van der Waals surface area contributed by atoms with E-state index in [1.165, 1.54) is 23.8 Å². The Morgan fingerprint density at radius 1 is 1.38 bits per heavy atom. The van der Waals surface area contributed by atoms with Gasteiger partial charge in [-0.2, -0.15) is 0 Å². The van der Waals surface area contributed by atoms with Gasteiger partial charge in [0.1, 0.15) is 0 Å². The van der Waals surface area contributed by atoms with Crippen molar-refractivity contribution < 1.29 is 9.53 Å². The number of thiazole rings is 1. The quantitative estimate of drug-likeness (QED) is 0.872. The molecule has 2 aromatic heterocycles. The molecule has 1 saturated heterocycles. The third-order valence-corrected chi connectivity index (χ3v) is 5.20. The molecule has 0 saturated carbocycles. The first-order valence-corrected chi connectivity index (χ1v) is 9.76. The van der Waals surface area contributed by atoms with Gasteiger partial charge in [0.2, 0.25) is 5.91 Å². The van der Waals surface area contributed by atoms with Crippen LogP contribution in [0.3, 0.4) is 0 Å². The van der Waals surface area contributed by atoms with Gasteiger partial charge < -0.3 is 10.1 Å². The van der Waals surface area contributed by atoms with E-state index in [2.05, 4.69) is 32.3 Å².